The molecule has 7 heteroatoms. The standard InChI is InChI=1S/C17H15ClFN3OS/c1-11-8-13(6-7-14(11)18)23-9-16-20-17(22-21-16)24-10-12-4-2-3-5-15(12)19/h2-8H,9-10H2,1H3,(H,20,21,22). The molecule has 124 valence electrons. The van der Waals surface area contributed by atoms with Crippen LogP contribution >= 0.6 is 23.4 Å². The van der Waals surface area contributed by atoms with Gasteiger partial charge in [0.15, 0.2) is 5.82 Å². The lowest BCUT2D eigenvalue weighted by Gasteiger charge is -2.05. The molecule has 1 N–H and O–H groups in total. The summed E-state index contributed by atoms with van der Waals surface area (Å²) in [6, 6.07) is 12.1. The summed E-state index contributed by atoms with van der Waals surface area (Å²) in [7, 11) is 0. The van der Waals surface area contributed by atoms with E-state index in [1.165, 1.54) is 17.8 Å². The molecule has 3 aromatic rings. The van der Waals surface area contributed by atoms with Crippen LogP contribution in [0.15, 0.2) is 47.6 Å². The Kier molecular flexibility index (Phi) is 5.37. The summed E-state index contributed by atoms with van der Waals surface area (Å²) in [4.78, 5) is 4.33. The highest BCUT2D eigenvalue weighted by atomic mass is 35.5. The monoisotopic (exact) mass is 363 g/mol. The molecule has 0 aliphatic rings. The minimum Gasteiger partial charge on any atom is -0.486 e. The molecule has 2 aromatic carbocycles. The van der Waals surface area contributed by atoms with Gasteiger partial charge in [-0.3, -0.25) is 5.10 Å². The van der Waals surface area contributed by atoms with Crippen molar-refractivity contribution in [3.8, 4) is 5.75 Å². The van der Waals surface area contributed by atoms with Crippen molar-refractivity contribution in [3.05, 3.63) is 70.3 Å². The second-order valence-corrected chi connectivity index (χ2v) is 6.49. The summed E-state index contributed by atoms with van der Waals surface area (Å²) in [5.41, 5.74) is 1.58. The molecule has 0 atom stereocenters. The number of hydrogen-bond donors (Lipinski definition) is 1. The third kappa shape index (κ3) is 4.27. The number of aromatic amines is 1. The smallest absolute Gasteiger partial charge is 0.208 e. The molecule has 0 radical (unpaired) electrons. The van der Waals surface area contributed by atoms with E-state index in [1.807, 2.05) is 19.1 Å². The number of nitrogens with zero attached hydrogens (tertiary/aromatic N) is 2. The van der Waals surface area contributed by atoms with E-state index in [9.17, 15) is 4.39 Å². The van der Waals surface area contributed by atoms with Crippen LogP contribution in [0.2, 0.25) is 5.02 Å². The van der Waals surface area contributed by atoms with Crippen molar-refractivity contribution in [3.63, 3.8) is 0 Å². The van der Waals surface area contributed by atoms with E-state index in [1.54, 1.807) is 24.3 Å². The summed E-state index contributed by atoms with van der Waals surface area (Å²) in [5.74, 6) is 1.58. The molecule has 1 heterocycles. The van der Waals surface area contributed by atoms with Gasteiger partial charge in [-0.15, -0.1) is 5.10 Å². The topological polar surface area (TPSA) is 50.8 Å². The van der Waals surface area contributed by atoms with Crippen molar-refractivity contribution in [1.82, 2.24) is 15.2 Å². The molecule has 24 heavy (non-hydrogen) atoms. The number of hydrogen-bond acceptors (Lipinski definition) is 4. The number of H-pyrrole nitrogens is 1. The van der Waals surface area contributed by atoms with Crippen molar-refractivity contribution in [2.45, 2.75) is 24.4 Å². The zero-order chi connectivity index (χ0) is 16.9. The third-order valence-corrected chi connectivity index (χ3v) is 4.65. The second kappa shape index (κ2) is 7.68. The molecule has 4 nitrogen and oxygen atoms in total. The number of thioether (sulfide) groups is 1. The van der Waals surface area contributed by atoms with Gasteiger partial charge < -0.3 is 4.74 Å². The molecular weight excluding hydrogens is 349 g/mol. The van der Waals surface area contributed by atoms with Crippen molar-refractivity contribution >= 4 is 23.4 Å². The number of halogens is 2. The van der Waals surface area contributed by atoms with Gasteiger partial charge in [-0.1, -0.05) is 41.6 Å². The van der Waals surface area contributed by atoms with Crippen LogP contribution in [0, 0.1) is 12.7 Å². The maximum Gasteiger partial charge on any atom is 0.208 e. The van der Waals surface area contributed by atoms with E-state index >= 15 is 0 Å². The lowest BCUT2D eigenvalue weighted by molar-refractivity contribution is 0.296. The van der Waals surface area contributed by atoms with Crippen LogP contribution in [0.4, 0.5) is 4.39 Å². The Balaban J connectivity index is 1.55. The van der Waals surface area contributed by atoms with E-state index in [4.69, 9.17) is 16.3 Å². The van der Waals surface area contributed by atoms with Crippen LogP contribution in [0.1, 0.15) is 17.0 Å². The van der Waals surface area contributed by atoms with Gasteiger partial charge in [0.05, 0.1) is 0 Å². The Labute approximate surface area is 148 Å². The first-order valence-electron chi connectivity index (χ1n) is 7.28. The van der Waals surface area contributed by atoms with E-state index in [2.05, 4.69) is 15.2 Å². The Morgan fingerprint density at radius 2 is 2.08 bits per heavy atom. The van der Waals surface area contributed by atoms with Crippen LogP contribution in [-0.4, -0.2) is 15.2 Å². The first-order valence-corrected chi connectivity index (χ1v) is 8.64. The maximum absolute atomic E-state index is 13.6. The fourth-order valence-corrected chi connectivity index (χ4v) is 2.94. The summed E-state index contributed by atoms with van der Waals surface area (Å²) in [5, 5.41) is 8.20. The van der Waals surface area contributed by atoms with Crippen molar-refractivity contribution in [2.24, 2.45) is 0 Å². The molecule has 3 rings (SSSR count). The highest BCUT2D eigenvalue weighted by Crippen LogP contribution is 2.23. The van der Waals surface area contributed by atoms with Gasteiger partial charge in [-0.25, -0.2) is 9.37 Å². The Morgan fingerprint density at radius 1 is 1.25 bits per heavy atom. The molecule has 0 aliphatic heterocycles. The number of ether oxygens (including phenoxy) is 1. The van der Waals surface area contributed by atoms with Gasteiger partial charge in [-0.2, -0.15) is 0 Å². The van der Waals surface area contributed by atoms with Gasteiger partial charge >= 0.3 is 0 Å². The average molecular weight is 364 g/mol. The number of aromatic nitrogens is 3. The molecular formula is C17H15ClFN3OS. The van der Waals surface area contributed by atoms with Gasteiger partial charge in [0, 0.05) is 10.8 Å². The number of rotatable bonds is 6. The van der Waals surface area contributed by atoms with Gasteiger partial charge in [-0.05, 0) is 42.3 Å². The Bertz CT molecular complexity index is 840. The van der Waals surface area contributed by atoms with E-state index in [-0.39, 0.29) is 12.4 Å². The first kappa shape index (κ1) is 16.8. The number of nitrogens with one attached hydrogen (secondary N) is 1. The molecule has 1 aromatic heterocycles. The maximum atomic E-state index is 13.6. The predicted molar refractivity (Wildman–Crippen MR) is 92.9 cm³/mol. The highest BCUT2D eigenvalue weighted by molar-refractivity contribution is 7.98. The van der Waals surface area contributed by atoms with Gasteiger partial charge in [0.1, 0.15) is 18.2 Å². The number of benzene rings is 2. The molecule has 0 unspecified atom stereocenters. The minimum atomic E-state index is -0.220. The first-order chi connectivity index (χ1) is 11.6. The fraction of sp³-hybridized carbons (Fsp3) is 0.176. The average Bonchev–Trinajstić information content (AvgIpc) is 3.03. The second-order valence-electron chi connectivity index (χ2n) is 5.14. The number of aryl methyl sites for hydroxylation is 1. The van der Waals surface area contributed by atoms with Crippen LogP contribution < -0.4 is 4.74 Å². The molecule has 0 bridgehead atoms. The molecule has 0 saturated carbocycles. The zero-order valence-corrected chi connectivity index (χ0v) is 14.5. The molecule has 0 amide bonds. The van der Waals surface area contributed by atoms with Gasteiger partial charge in [0.25, 0.3) is 0 Å². The van der Waals surface area contributed by atoms with E-state index in [0.29, 0.717) is 33.1 Å². The largest absolute Gasteiger partial charge is 0.486 e. The summed E-state index contributed by atoms with van der Waals surface area (Å²) < 4.78 is 19.2. The highest BCUT2D eigenvalue weighted by Gasteiger charge is 2.08. The molecule has 0 saturated heterocycles. The zero-order valence-electron chi connectivity index (χ0n) is 12.9. The summed E-state index contributed by atoms with van der Waals surface area (Å²) in [6.07, 6.45) is 0. The van der Waals surface area contributed by atoms with Crippen LogP contribution in [0.3, 0.4) is 0 Å². The van der Waals surface area contributed by atoms with E-state index in [0.717, 1.165) is 5.56 Å². The van der Waals surface area contributed by atoms with Crippen LogP contribution in [-0.2, 0) is 12.4 Å². The lowest BCUT2D eigenvalue weighted by Crippen LogP contribution is -1.98. The van der Waals surface area contributed by atoms with Crippen LogP contribution in [0.5, 0.6) is 5.75 Å². The quantitative estimate of drug-likeness (QED) is 0.640. The molecule has 0 fully saturated rings. The van der Waals surface area contributed by atoms with Gasteiger partial charge in [0.2, 0.25) is 5.16 Å². The lowest BCUT2D eigenvalue weighted by atomic mass is 10.2. The SMILES string of the molecule is Cc1cc(OCc2nc(SCc3ccccc3F)n[nH]2)ccc1Cl. The summed E-state index contributed by atoms with van der Waals surface area (Å²) in [6.45, 7) is 2.19. The fourth-order valence-electron chi connectivity index (χ4n) is 2.02. The third-order valence-electron chi connectivity index (χ3n) is 3.33. The molecule has 0 spiro atoms. The van der Waals surface area contributed by atoms with Crippen molar-refractivity contribution in [2.75, 3.05) is 0 Å². The molecule has 0 aliphatic carbocycles. The Hall–Kier alpha value is -2.05. The van der Waals surface area contributed by atoms with E-state index < -0.39 is 0 Å². The van der Waals surface area contributed by atoms with Crippen molar-refractivity contribution in [1.29, 1.82) is 0 Å². The minimum absolute atomic E-state index is 0.220. The summed E-state index contributed by atoms with van der Waals surface area (Å²) >= 11 is 7.35. The van der Waals surface area contributed by atoms with Crippen molar-refractivity contribution < 1.29 is 9.13 Å². The normalized spacial score (nSPS) is 10.8. The Morgan fingerprint density at radius 3 is 2.88 bits per heavy atom. The predicted octanol–water partition coefficient (Wildman–Crippen LogP) is 4.78. The van der Waals surface area contributed by atoms with Crippen LogP contribution in [0.25, 0.3) is 0 Å².